The van der Waals surface area contributed by atoms with E-state index < -0.39 is 0 Å². The molecule has 52 valence electrons. The summed E-state index contributed by atoms with van der Waals surface area (Å²) < 4.78 is 9.89. The van der Waals surface area contributed by atoms with Gasteiger partial charge in [0.15, 0.2) is 6.10 Å². The summed E-state index contributed by atoms with van der Waals surface area (Å²) in [5.41, 5.74) is 0. The quantitative estimate of drug-likeness (QED) is 0.463. The van der Waals surface area contributed by atoms with Crippen LogP contribution in [0.3, 0.4) is 0 Å². The summed E-state index contributed by atoms with van der Waals surface area (Å²) in [6, 6.07) is 0. The third kappa shape index (κ3) is 0.708. The zero-order valence-electron chi connectivity index (χ0n) is 5.24. The Hall–Kier alpha value is -1.25. The molecule has 2 aliphatic heterocycles. The fourth-order valence-electron chi connectivity index (χ4n) is 1.02. The predicted molar refractivity (Wildman–Crippen MR) is 32.8 cm³/mol. The van der Waals surface area contributed by atoms with Gasteiger partial charge in [-0.3, -0.25) is 4.79 Å². The standard InChI is InChI=1S/C7H6O3/c8-7-4-6-5(10-7)2-1-3-9-6/h1-3,6H,4H2. The maximum Gasteiger partial charge on any atom is 0.315 e. The Labute approximate surface area is 57.9 Å². The Morgan fingerprint density at radius 1 is 1.60 bits per heavy atom. The van der Waals surface area contributed by atoms with E-state index in [9.17, 15) is 4.79 Å². The largest absolute Gasteiger partial charge is 0.489 e. The van der Waals surface area contributed by atoms with E-state index in [0.29, 0.717) is 12.2 Å². The first kappa shape index (κ1) is 5.53. The zero-order chi connectivity index (χ0) is 6.97. The van der Waals surface area contributed by atoms with Gasteiger partial charge in [0.1, 0.15) is 5.76 Å². The highest BCUT2D eigenvalue weighted by Gasteiger charge is 2.31. The van der Waals surface area contributed by atoms with Crippen LogP contribution in [-0.2, 0) is 14.3 Å². The summed E-state index contributed by atoms with van der Waals surface area (Å²) in [5, 5.41) is 0. The highest BCUT2D eigenvalue weighted by molar-refractivity contribution is 5.75. The molecule has 1 atom stereocenters. The molecule has 1 unspecified atom stereocenters. The van der Waals surface area contributed by atoms with Crippen LogP contribution in [0.15, 0.2) is 24.2 Å². The van der Waals surface area contributed by atoms with Crippen LogP contribution in [0.4, 0.5) is 0 Å². The predicted octanol–water partition coefficient (Wildman–Crippen LogP) is 0.730. The first-order valence-corrected chi connectivity index (χ1v) is 3.09. The molecule has 2 heterocycles. The second kappa shape index (κ2) is 1.87. The van der Waals surface area contributed by atoms with Gasteiger partial charge >= 0.3 is 5.97 Å². The molecule has 0 bridgehead atoms. The van der Waals surface area contributed by atoms with Gasteiger partial charge in [-0.05, 0) is 12.2 Å². The molecule has 2 aliphatic rings. The minimum Gasteiger partial charge on any atom is -0.489 e. The van der Waals surface area contributed by atoms with Gasteiger partial charge in [-0.2, -0.15) is 0 Å². The van der Waals surface area contributed by atoms with Gasteiger partial charge in [-0.25, -0.2) is 0 Å². The van der Waals surface area contributed by atoms with Crippen LogP contribution in [0, 0.1) is 0 Å². The molecule has 3 heteroatoms. The van der Waals surface area contributed by atoms with Crippen molar-refractivity contribution in [2.75, 3.05) is 0 Å². The monoisotopic (exact) mass is 138 g/mol. The lowest BCUT2D eigenvalue weighted by Crippen LogP contribution is -2.08. The van der Waals surface area contributed by atoms with Crippen LogP contribution in [0.25, 0.3) is 0 Å². The van der Waals surface area contributed by atoms with Crippen molar-refractivity contribution in [2.24, 2.45) is 0 Å². The minimum absolute atomic E-state index is 0.155. The van der Waals surface area contributed by atoms with E-state index in [1.807, 2.05) is 0 Å². The number of allylic oxidation sites excluding steroid dienone is 2. The molecule has 0 saturated carbocycles. The summed E-state index contributed by atoms with van der Waals surface area (Å²) in [5.74, 6) is 0.424. The van der Waals surface area contributed by atoms with Crippen LogP contribution in [-0.4, -0.2) is 12.1 Å². The van der Waals surface area contributed by atoms with Crippen LogP contribution >= 0.6 is 0 Å². The van der Waals surface area contributed by atoms with Crippen molar-refractivity contribution in [3.8, 4) is 0 Å². The fraction of sp³-hybridized carbons (Fsp3) is 0.286. The van der Waals surface area contributed by atoms with Crippen molar-refractivity contribution >= 4 is 5.97 Å². The van der Waals surface area contributed by atoms with Crippen molar-refractivity contribution in [1.29, 1.82) is 0 Å². The lowest BCUT2D eigenvalue weighted by Gasteiger charge is -2.10. The lowest BCUT2D eigenvalue weighted by atomic mass is 10.2. The Morgan fingerprint density at radius 2 is 2.50 bits per heavy atom. The third-order valence-corrected chi connectivity index (χ3v) is 1.48. The van der Waals surface area contributed by atoms with Crippen LogP contribution < -0.4 is 0 Å². The molecule has 0 aromatic carbocycles. The van der Waals surface area contributed by atoms with Crippen molar-refractivity contribution in [1.82, 2.24) is 0 Å². The Morgan fingerprint density at radius 3 is 3.30 bits per heavy atom. The van der Waals surface area contributed by atoms with E-state index >= 15 is 0 Å². The number of esters is 1. The SMILES string of the molecule is O=C1CC2OC=CC=C2O1. The smallest absolute Gasteiger partial charge is 0.315 e. The van der Waals surface area contributed by atoms with Gasteiger partial charge in [-0.15, -0.1) is 0 Å². The Bertz CT molecular complexity index is 227. The van der Waals surface area contributed by atoms with Crippen molar-refractivity contribution < 1.29 is 14.3 Å². The van der Waals surface area contributed by atoms with Crippen LogP contribution in [0.2, 0.25) is 0 Å². The molecule has 1 saturated heterocycles. The highest BCUT2D eigenvalue weighted by Crippen LogP contribution is 2.24. The number of ether oxygens (including phenoxy) is 2. The fourth-order valence-corrected chi connectivity index (χ4v) is 1.02. The van der Waals surface area contributed by atoms with E-state index in [0.717, 1.165) is 0 Å². The lowest BCUT2D eigenvalue weighted by molar-refractivity contribution is -0.135. The molecule has 0 aromatic rings. The molecule has 0 aromatic heterocycles. The second-order valence-corrected chi connectivity index (χ2v) is 2.20. The second-order valence-electron chi connectivity index (χ2n) is 2.20. The summed E-state index contributed by atoms with van der Waals surface area (Å²) in [6.07, 6.45) is 5.22. The maximum atomic E-state index is 10.6. The number of hydrogen-bond acceptors (Lipinski definition) is 3. The summed E-state index contributed by atoms with van der Waals surface area (Å²) in [6.45, 7) is 0. The summed E-state index contributed by atoms with van der Waals surface area (Å²) in [7, 11) is 0. The number of hydrogen-bond donors (Lipinski definition) is 0. The van der Waals surface area contributed by atoms with Crippen molar-refractivity contribution in [3.63, 3.8) is 0 Å². The molecule has 0 N–H and O–H groups in total. The van der Waals surface area contributed by atoms with Crippen LogP contribution in [0.1, 0.15) is 6.42 Å². The maximum absolute atomic E-state index is 10.6. The minimum atomic E-state index is -0.208. The number of rotatable bonds is 0. The Balaban J connectivity index is 2.26. The topological polar surface area (TPSA) is 35.5 Å². The van der Waals surface area contributed by atoms with Gasteiger partial charge in [0.2, 0.25) is 0 Å². The van der Waals surface area contributed by atoms with Gasteiger partial charge < -0.3 is 9.47 Å². The molecular formula is C7H6O3. The van der Waals surface area contributed by atoms with Crippen molar-refractivity contribution in [2.45, 2.75) is 12.5 Å². The van der Waals surface area contributed by atoms with Gasteiger partial charge in [0.25, 0.3) is 0 Å². The molecular weight excluding hydrogens is 132 g/mol. The highest BCUT2D eigenvalue weighted by atomic mass is 16.6. The molecule has 0 spiro atoms. The Kier molecular flexibility index (Phi) is 1.03. The third-order valence-electron chi connectivity index (χ3n) is 1.48. The van der Waals surface area contributed by atoms with Crippen LogP contribution in [0.5, 0.6) is 0 Å². The van der Waals surface area contributed by atoms with E-state index in [-0.39, 0.29) is 12.1 Å². The van der Waals surface area contributed by atoms with Gasteiger partial charge in [0.05, 0.1) is 12.7 Å². The molecule has 0 radical (unpaired) electrons. The van der Waals surface area contributed by atoms with Gasteiger partial charge in [0, 0.05) is 0 Å². The normalized spacial score (nSPS) is 28.6. The zero-order valence-corrected chi connectivity index (χ0v) is 5.24. The molecule has 10 heavy (non-hydrogen) atoms. The molecule has 0 aliphatic carbocycles. The molecule has 3 nitrogen and oxygen atoms in total. The first-order chi connectivity index (χ1) is 4.86. The molecule has 0 amide bonds. The number of fused-ring (bicyclic) bond motifs is 1. The molecule has 2 rings (SSSR count). The van der Waals surface area contributed by atoms with Crippen molar-refractivity contribution in [3.05, 3.63) is 24.2 Å². The average molecular weight is 138 g/mol. The van der Waals surface area contributed by atoms with E-state index in [2.05, 4.69) is 0 Å². The van der Waals surface area contributed by atoms with E-state index in [1.54, 1.807) is 18.4 Å². The average Bonchev–Trinajstić information content (AvgIpc) is 2.27. The first-order valence-electron chi connectivity index (χ1n) is 3.09. The van der Waals surface area contributed by atoms with E-state index in [1.165, 1.54) is 0 Å². The number of carbonyl (C=O) groups excluding carboxylic acids is 1. The van der Waals surface area contributed by atoms with E-state index in [4.69, 9.17) is 9.47 Å². The summed E-state index contributed by atoms with van der Waals surface area (Å²) >= 11 is 0. The summed E-state index contributed by atoms with van der Waals surface area (Å²) in [4.78, 5) is 10.6. The van der Waals surface area contributed by atoms with Gasteiger partial charge in [-0.1, -0.05) is 0 Å². The number of carbonyl (C=O) groups is 1. The molecule has 1 fully saturated rings.